The number of rotatable bonds is 10. The van der Waals surface area contributed by atoms with Crippen LogP contribution in [-0.4, -0.2) is 38.1 Å². The highest BCUT2D eigenvalue weighted by Crippen LogP contribution is 2.02. The van der Waals surface area contributed by atoms with E-state index in [0.717, 1.165) is 25.7 Å². The molecular formula is C13H26N2O3. The molecule has 0 bridgehead atoms. The van der Waals surface area contributed by atoms with Gasteiger partial charge in [-0.1, -0.05) is 26.7 Å². The van der Waals surface area contributed by atoms with E-state index in [-0.39, 0.29) is 17.9 Å². The maximum absolute atomic E-state index is 11.5. The quantitative estimate of drug-likeness (QED) is 0.578. The molecule has 18 heavy (non-hydrogen) atoms. The van der Waals surface area contributed by atoms with Gasteiger partial charge in [-0.15, -0.1) is 0 Å². The Kier molecular flexibility index (Phi) is 10.3. The van der Waals surface area contributed by atoms with Gasteiger partial charge in [0.05, 0.1) is 7.11 Å². The number of hydrogen-bond acceptors (Lipinski definition) is 4. The number of hydrogen-bond donors (Lipinski definition) is 2. The summed E-state index contributed by atoms with van der Waals surface area (Å²) in [7, 11) is 1.39. The monoisotopic (exact) mass is 258 g/mol. The lowest BCUT2D eigenvalue weighted by molar-refractivity contribution is -0.143. The molecule has 0 aliphatic rings. The van der Waals surface area contributed by atoms with E-state index in [1.807, 2.05) is 6.92 Å². The number of ether oxygens (including phenoxy) is 1. The molecule has 5 heteroatoms. The minimum atomic E-state index is -0.297. The third-order valence-corrected chi connectivity index (χ3v) is 2.65. The lowest BCUT2D eigenvalue weighted by Crippen LogP contribution is -2.39. The normalized spacial score (nSPS) is 11.9. The van der Waals surface area contributed by atoms with Crippen LogP contribution in [0.3, 0.4) is 0 Å². The lowest BCUT2D eigenvalue weighted by Gasteiger charge is -2.15. The van der Waals surface area contributed by atoms with Crippen LogP contribution in [-0.2, 0) is 14.3 Å². The predicted octanol–water partition coefficient (Wildman–Crippen LogP) is 1.22. The zero-order valence-electron chi connectivity index (χ0n) is 11.8. The van der Waals surface area contributed by atoms with Crippen LogP contribution in [0.15, 0.2) is 0 Å². The molecule has 1 unspecified atom stereocenters. The summed E-state index contributed by atoms with van der Waals surface area (Å²) in [4.78, 5) is 22.8. The summed E-state index contributed by atoms with van der Waals surface area (Å²) in [6, 6.07) is -0.297. The van der Waals surface area contributed by atoms with Gasteiger partial charge in [-0.2, -0.15) is 0 Å². The van der Waals surface area contributed by atoms with Crippen molar-refractivity contribution < 1.29 is 14.3 Å². The molecule has 0 aromatic heterocycles. The highest BCUT2D eigenvalue weighted by Gasteiger charge is 2.17. The maximum Gasteiger partial charge on any atom is 0.322 e. The van der Waals surface area contributed by atoms with E-state index in [1.54, 1.807) is 0 Å². The summed E-state index contributed by atoms with van der Waals surface area (Å²) in [6.07, 6.45) is 4.07. The van der Waals surface area contributed by atoms with Gasteiger partial charge in [0.15, 0.2) is 0 Å². The first-order chi connectivity index (χ1) is 8.65. The van der Waals surface area contributed by atoms with Crippen molar-refractivity contribution in [3.05, 3.63) is 0 Å². The fourth-order valence-electron chi connectivity index (χ4n) is 1.57. The first-order valence-electron chi connectivity index (χ1n) is 6.73. The van der Waals surface area contributed by atoms with Gasteiger partial charge < -0.3 is 15.4 Å². The fraction of sp³-hybridized carbons (Fsp3) is 0.846. The van der Waals surface area contributed by atoms with E-state index in [1.165, 1.54) is 7.11 Å². The predicted molar refractivity (Wildman–Crippen MR) is 71.2 cm³/mol. The second-order valence-corrected chi connectivity index (χ2v) is 4.27. The minimum Gasteiger partial charge on any atom is -0.468 e. The molecule has 0 aliphatic carbocycles. The van der Waals surface area contributed by atoms with E-state index in [2.05, 4.69) is 17.6 Å². The molecule has 0 spiro atoms. The number of nitrogens with one attached hydrogen (secondary N) is 2. The highest BCUT2D eigenvalue weighted by atomic mass is 16.5. The van der Waals surface area contributed by atoms with Gasteiger partial charge in [-0.05, 0) is 12.8 Å². The van der Waals surface area contributed by atoms with Gasteiger partial charge in [0.1, 0.15) is 6.04 Å². The Bertz CT molecular complexity index is 244. The Morgan fingerprint density at radius 3 is 2.44 bits per heavy atom. The zero-order valence-corrected chi connectivity index (χ0v) is 11.8. The topological polar surface area (TPSA) is 67.4 Å². The molecule has 0 aromatic carbocycles. The molecule has 1 amide bonds. The summed E-state index contributed by atoms with van der Waals surface area (Å²) >= 11 is 0. The van der Waals surface area contributed by atoms with Gasteiger partial charge in [0.2, 0.25) is 5.91 Å². The number of carbonyl (C=O) groups is 2. The average Bonchev–Trinajstić information content (AvgIpc) is 2.39. The first-order valence-corrected chi connectivity index (χ1v) is 6.73. The zero-order chi connectivity index (χ0) is 13.8. The summed E-state index contributed by atoms with van der Waals surface area (Å²) in [6.45, 7) is 5.29. The van der Waals surface area contributed by atoms with Crippen molar-refractivity contribution in [3.63, 3.8) is 0 Å². The lowest BCUT2D eigenvalue weighted by atomic mass is 10.1. The molecule has 5 nitrogen and oxygen atoms in total. The Hall–Kier alpha value is -1.10. The van der Waals surface area contributed by atoms with E-state index in [9.17, 15) is 9.59 Å². The van der Waals surface area contributed by atoms with Crippen molar-refractivity contribution >= 4 is 11.9 Å². The van der Waals surface area contributed by atoms with Crippen molar-refractivity contribution in [2.45, 2.75) is 52.0 Å². The smallest absolute Gasteiger partial charge is 0.322 e. The van der Waals surface area contributed by atoms with Crippen LogP contribution in [0.5, 0.6) is 0 Å². The van der Waals surface area contributed by atoms with Gasteiger partial charge in [-0.25, -0.2) is 0 Å². The summed E-state index contributed by atoms with van der Waals surface area (Å²) in [5, 5.41) is 5.87. The van der Waals surface area contributed by atoms with Crippen LogP contribution >= 0.6 is 0 Å². The number of carbonyl (C=O) groups excluding carboxylic acids is 2. The van der Waals surface area contributed by atoms with Crippen LogP contribution in [0.2, 0.25) is 0 Å². The van der Waals surface area contributed by atoms with Crippen molar-refractivity contribution in [2.75, 3.05) is 20.2 Å². The van der Waals surface area contributed by atoms with Crippen LogP contribution in [0.25, 0.3) is 0 Å². The summed E-state index contributed by atoms with van der Waals surface area (Å²) in [5.74, 6) is -0.235. The van der Waals surface area contributed by atoms with Gasteiger partial charge in [0, 0.05) is 19.5 Å². The molecule has 0 aromatic rings. The third kappa shape index (κ3) is 8.06. The molecule has 0 aliphatic heterocycles. The summed E-state index contributed by atoms with van der Waals surface area (Å²) in [5.41, 5.74) is 0. The van der Waals surface area contributed by atoms with Crippen molar-refractivity contribution in [2.24, 2.45) is 0 Å². The molecule has 0 heterocycles. The molecule has 2 N–H and O–H groups in total. The number of amides is 1. The maximum atomic E-state index is 11.5. The van der Waals surface area contributed by atoms with Gasteiger partial charge >= 0.3 is 5.97 Å². The molecule has 0 radical (unpaired) electrons. The third-order valence-electron chi connectivity index (χ3n) is 2.65. The van der Waals surface area contributed by atoms with Crippen LogP contribution in [0, 0.1) is 0 Å². The van der Waals surface area contributed by atoms with E-state index >= 15 is 0 Å². The molecule has 0 fully saturated rings. The number of methoxy groups -OCH3 is 1. The van der Waals surface area contributed by atoms with Crippen molar-refractivity contribution in [1.82, 2.24) is 10.6 Å². The summed E-state index contributed by atoms with van der Waals surface area (Å²) < 4.78 is 4.73. The number of unbranched alkanes of at least 4 members (excludes halogenated alkanes) is 1. The minimum absolute atomic E-state index is 0.0171. The second-order valence-electron chi connectivity index (χ2n) is 4.27. The molecule has 1 atom stereocenters. The Balaban J connectivity index is 3.88. The standard InChI is InChI=1S/C13H26N2O3/c1-4-6-7-11(13(17)18-3)14-10-8-12(16)15-9-5-2/h11,14H,4-10H2,1-3H3,(H,15,16). The fourth-order valence-corrected chi connectivity index (χ4v) is 1.57. The Labute approximate surface area is 110 Å². The average molecular weight is 258 g/mol. The largest absolute Gasteiger partial charge is 0.468 e. The van der Waals surface area contributed by atoms with Crippen LogP contribution in [0.4, 0.5) is 0 Å². The van der Waals surface area contributed by atoms with Gasteiger partial charge in [0.25, 0.3) is 0 Å². The molecule has 106 valence electrons. The SMILES string of the molecule is CCCCC(NCCC(=O)NCCC)C(=O)OC. The van der Waals surface area contributed by atoms with Crippen LogP contribution in [0.1, 0.15) is 46.0 Å². The molecule has 0 saturated heterocycles. The van der Waals surface area contributed by atoms with E-state index in [0.29, 0.717) is 19.5 Å². The first kappa shape index (κ1) is 16.9. The van der Waals surface area contributed by atoms with Gasteiger partial charge in [-0.3, -0.25) is 9.59 Å². The van der Waals surface area contributed by atoms with E-state index < -0.39 is 0 Å². The van der Waals surface area contributed by atoms with E-state index in [4.69, 9.17) is 4.74 Å². The van der Waals surface area contributed by atoms with Crippen LogP contribution < -0.4 is 10.6 Å². The molecule has 0 rings (SSSR count). The van der Waals surface area contributed by atoms with Crippen molar-refractivity contribution in [1.29, 1.82) is 0 Å². The Morgan fingerprint density at radius 2 is 1.89 bits per heavy atom. The Morgan fingerprint density at radius 1 is 1.17 bits per heavy atom. The van der Waals surface area contributed by atoms with Crippen molar-refractivity contribution in [3.8, 4) is 0 Å². The highest BCUT2D eigenvalue weighted by molar-refractivity contribution is 5.77. The molecule has 0 saturated carbocycles. The second kappa shape index (κ2) is 11.0. The molecular weight excluding hydrogens is 232 g/mol. The number of esters is 1.